The van der Waals surface area contributed by atoms with Crippen LogP contribution in [0.3, 0.4) is 0 Å². The topological polar surface area (TPSA) is 82.7 Å². The van der Waals surface area contributed by atoms with Crippen molar-refractivity contribution >= 4 is 85.0 Å². The summed E-state index contributed by atoms with van der Waals surface area (Å²) in [6, 6.07) is 68.2. The number of aromatic nitrogens is 5. The van der Waals surface area contributed by atoms with Crippen molar-refractivity contribution < 1.29 is 8.42 Å². The minimum Gasteiger partial charge on any atom is -0.309 e. The molecule has 0 radical (unpaired) electrons. The van der Waals surface area contributed by atoms with Crippen LogP contribution in [0.2, 0.25) is 0 Å². The van der Waals surface area contributed by atoms with E-state index in [4.69, 9.17) is 15.0 Å². The van der Waals surface area contributed by atoms with E-state index in [2.05, 4.69) is 138 Å². The van der Waals surface area contributed by atoms with Crippen LogP contribution < -0.4 is 0 Å². The molecule has 0 saturated heterocycles. The van der Waals surface area contributed by atoms with Gasteiger partial charge < -0.3 is 4.57 Å². The maximum atomic E-state index is 14.7. The van der Waals surface area contributed by atoms with E-state index in [1.165, 1.54) is 14.8 Å². The monoisotopic (exact) mass is 925 g/mol. The summed E-state index contributed by atoms with van der Waals surface area (Å²) in [5, 5.41) is 6.74. The molecule has 0 unspecified atom stereocenters. The van der Waals surface area contributed by atoms with Crippen molar-refractivity contribution in [3.8, 4) is 45.5 Å². The summed E-state index contributed by atoms with van der Waals surface area (Å²) in [5.41, 5.74) is 9.65. The second-order valence-corrected chi connectivity index (χ2v) is 21.4. The molecule has 9 heteroatoms. The number of nitrogens with zero attached hydrogens (tertiary/aromatic N) is 5. The predicted molar refractivity (Wildman–Crippen MR) is 282 cm³/mol. The van der Waals surface area contributed by atoms with Crippen LogP contribution in [-0.2, 0) is 15.3 Å². The normalized spacial score (nSPS) is 14.0. The average Bonchev–Trinajstić information content (AvgIpc) is 4.06. The summed E-state index contributed by atoms with van der Waals surface area (Å²) in [5.74, 6) is 1.70. The fraction of sp³-hybridized carbons (Fsp3) is 0.0500. The zero-order valence-corrected chi connectivity index (χ0v) is 39.1. The highest BCUT2D eigenvalue weighted by molar-refractivity contribution is 7.91. The Morgan fingerprint density at radius 1 is 0.435 bits per heavy atom. The van der Waals surface area contributed by atoms with Crippen LogP contribution in [0, 0.1) is 0 Å². The van der Waals surface area contributed by atoms with Gasteiger partial charge in [-0.05, 0) is 89.0 Å². The summed E-state index contributed by atoms with van der Waals surface area (Å²) in [7, 11) is -3.84. The fourth-order valence-electron chi connectivity index (χ4n) is 10.9. The summed E-state index contributed by atoms with van der Waals surface area (Å²) in [4.78, 5) is 16.2. The second kappa shape index (κ2) is 14.6. The van der Waals surface area contributed by atoms with Gasteiger partial charge in [0.2, 0.25) is 15.8 Å². The van der Waals surface area contributed by atoms with Crippen molar-refractivity contribution in [1.82, 2.24) is 24.1 Å². The maximum Gasteiger partial charge on any atom is 0.238 e. The third-order valence-electron chi connectivity index (χ3n) is 14.2. The Labute approximate surface area is 401 Å². The second-order valence-electron chi connectivity index (χ2n) is 18.4. The molecule has 0 N–H and O–H groups in total. The molecule has 0 fully saturated rings. The zero-order chi connectivity index (χ0) is 46.2. The minimum absolute atomic E-state index is 0.344. The van der Waals surface area contributed by atoms with Gasteiger partial charge in [-0.15, -0.1) is 11.3 Å². The number of thiophene rings is 1. The molecule has 328 valence electrons. The van der Waals surface area contributed by atoms with Crippen LogP contribution >= 0.6 is 11.3 Å². The van der Waals surface area contributed by atoms with E-state index in [0.29, 0.717) is 27.4 Å². The molecule has 0 aliphatic carbocycles. The molecule has 5 heterocycles. The molecule has 1 aliphatic rings. The van der Waals surface area contributed by atoms with Gasteiger partial charge in [0.1, 0.15) is 0 Å². The molecule has 0 amide bonds. The molecule has 69 heavy (non-hydrogen) atoms. The Morgan fingerprint density at radius 3 is 1.67 bits per heavy atom. The van der Waals surface area contributed by atoms with E-state index in [-0.39, 0.29) is 0 Å². The number of hydrogen-bond donors (Lipinski definition) is 0. The van der Waals surface area contributed by atoms with Crippen molar-refractivity contribution in [2.45, 2.75) is 29.1 Å². The van der Waals surface area contributed by atoms with Crippen molar-refractivity contribution in [2.24, 2.45) is 0 Å². The van der Waals surface area contributed by atoms with Crippen LogP contribution in [0.1, 0.15) is 25.0 Å². The number of hydrogen-bond acceptors (Lipinski definition) is 6. The lowest BCUT2D eigenvalue weighted by Crippen LogP contribution is -2.30. The van der Waals surface area contributed by atoms with Crippen molar-refractivity contribution in [3.63, 3.8) is 0 Å². The third kappa shape index (κ3) is 5.84. The standard InChI is InChI=1S/C60H39N5O2S2/c1-60(2)46-34-39(26-31-53(46)69(66,67)54-32-27-40(35-47(54)60)64-48-22-12-9-19-41(48)42-20-10-13-23-49(42)64)38-25-29-50-45(33-38)43-28-30-52-55(44-21-11-14-24-51(44)68-52)56(43)65(50)59-62-57(36-15-5-3-6-16-36)61-58(63-59)37-17-7-4-8-18-37/h3-35H,1-2H3. The SMILES string of the molecule is CC1(C)c2cc(-c3ccc4c(c3)c3ccc5sc6ccccc6c5c3n4-c3nc(-c4ccccc4)nc(-c4ccccc4)n3)ccc2S(=O)(=O)c2ccc(-n3c4ccccc4c4ccccc43)cc21. The maximum absolute atomic E-state index is 14.7. The van der Waals surface area contributed by atoms with Crippen molar-refractivity contribution in [1.29, 1.82) is 0 Å². The molecule has 1 aliphatic heterocycles. The number of sulfone groups is 1. The molecule has 14 rings (SSSR count). The van der Waals surface area contributed by atoms with Crippen LogP contribution in [0.15, 0.2) is 210 Å². The first-order valence-electron chi connectivity index (χ1n) is 23.0. The summed E-state index contributed by atoms with van der Waals surface area (Å²) in [6.45, 7) is 4.29. The Balaban J connectivity index is 0.972. The fourth-order valence-corrected chi connectivity index (χ4v) is 13.9. The van der Waals surface area contributed by atoms with E-state index in [9.17, 15) is 8.42 Å². The third-order valence-corrected chi connectivity index (χ3v) is 17.2. The summed E-state index contributed by atoms with van der Waals surface area (Å²) in [6.07, 6.45) is 0. The highest BCUT2D eigenvalue weighted by atomic mass is 32.2. The highest BCUT2D eigenvalue weighted by Crippen LogP contribution is 2.49. The van der Waals surface area contributed by atoms with E-state index >= 15 is 0 Å². The molecule has 0 spiro atoms. The first kappa shape index (κ1) is 39.9. The molecule has 0 saturated carbocycles. The number of rotatable bonds is 5. The van der Waals surface area contributed by atoms with Crippen molar-refractivity contribution in [2.75, 3.05) is 0 Å². The highest BCUT2D eigenvalue weighted by Gasteiger charge is 2.41. The minimum atomic E-state index is -3.84. The Morgan fingerprint density at radius 2 is 0.986 bits per heavy atom. The average molecular weight is 926 g/mol. The number of para-hydroxylation sites is 2. The van der Waals surface area contributed by atoms with E-state index in [1.807, 2.05) is 72.8 Å². The van der Waals surface area contributed by atoms with Gasteiger partial charge in [0, 0.05) is 63.9 Å². The van der Waals surface area contributed by atoms with Crippen LogP contribution in [0.25, 0.3) is 109 Å². The van der Waals surface area contributed by atoms with Crippen LogP contribution in [0.4, 0.5) is 0 Å². The molecular weight excluding hydrogens is 887 g/mol. The Hall–Kier alpha value is -8.24. The van der Waals surface area contributed by atoms with Gasteiger partial charge in [0.05, 0.1) is 31.9 Å². The van der Waals surface area contributed by atoms with E-state index in [1.54, 1.807) is 23.5 Å². The van der Waals surface area contributed by atoms with Crippen LogP contribution in [-0.4, -0.2) is 32.5 Å². The van der Waals surface area contributed by atoms with Gasteiger partial charge in [-0.25, -0.2) is 13.4 Å². The predicted octanol–water partition coefficient (Wildman–Crippen LogP) is 14.9. The molecule has 0 bridgehead atoms. The summed E-state index contributed by atoms with van der Waals surface area (Å²) >= 11 is 1.78. The van der Waals surface area contributed by atoms with Gasteiger partial charge >= 0.3 is 0 Å². The van der Waals surface area contributed by atoms with Gasteiger partial charge in [0.15, 0.2) is 11.6 Å². The number of fused-ring (bicyclic) bond motifs is 12. The molecule has 13 aromatic rings. The quantitative estimate of drug-likeness (QED) is 0.172. The van der Waals surface area contributed by atoms with Gasteiger partial charge in [-0.3, -0.25) is 4.57 Å². The van der Waals surface area contributed by atoms with E-state index in [0.717, 1.165) is 88.1 Å². The molecule has 4 aromatic heterocycles. The molecule has 0 atom stereocenters. The smallest absolute Gasteiger partial charge is 0.238 e. The van der Waals surface area contributed by atoms with Crippen molar-refractivity contribution in [3.05, 3.63) is 211 Å². The largest absolute Gasteiger partial charge is 0.309 e. The molecule has 9 aromatic carbocycles. The van der Waals surface area contributed by atoms with Gasteiger partial charge in [0.25, 0.3) is 0 Å². The first-order valence-corrected chi connectivity index (χ1v) is 25.3. The first-order chi connectivity index (χ1) is 33.7. The van der Waals surface area contributed by atoms with Crippen LogP contribution in [0.5, 0.6) is 0 Å². The Kier molecular flexibility index (Phi) is 8.46. The molecular formula is C60H39N5O2S2. The number of benzene rings is 9. The van der Waals surface area contributed by atoms with Gasteiger partial charge in [-0.1, -0.05) is 147 Å². The lowest BCUT2D eigenvalue weighted by atomic mass is 9.76. The lowest BCUT2D eigenvalue weighted by Gasteiger charge is -2.35. The van der Waals surface area contributed by atoms with Gasteiger partial charge in [-0.2, -0.15) is 9.97 Å². The lowest BCUT2D eigenvalue weighted by molar-refractivity contribution is 0.555. The zero-order valence-electron chi connectivity index (χ0n) is 37.4. The van der Waals surface area contributed by atoms with E-state index < -0.39 is 15.3 Å². The Bertz CT molecular complexity index is 4310. The summed E-state index contributed by atoms with van der Waals surface area (Å²) < 4.78 is 36.2. The molecule has 7 nitrogen and oxygen atoms in total.